The molecule has 9 nitrogen and oxygen atoms in total. The molecule has 2 heterocycles. The van der Waals surface area contributed by atoms with Crippen LogP contribution in [0, 0.1) is 10.1 Å². The van der Waals surface area contributed by atoms with Crippen LogP contribution in [0.2, 0.25) is 0 Å². The molecule has 0 bridgehead atoms. The van der Waals surface area contributed by atoms with Gasteiger partial charge in [0.25, 0.3) is 5.69 Å². The Bertz CT molecular complexity index is 1010. The molecule has 27 heavy (non-hydrogen) atoms. The average Bonchev–Trinajstić information content (AvgIpc) is 3.45. The van der Waals surface area contributed by atoms with Crippen LogP contribution >= 0.6 is 0 Å². The van der Waals surface area contributed by atoms with E-state index in [-0.39, 0.29) is 22.7 Å². The summed E-state index contributed by atoms with van der Waals surface area (Å²) in [5, 5.41) is 23.3. The number of rotatable bonds is 4. The lowest BCUT2D eigenvalue weighted by Crippen LogP contribution is -2.94. The highest BCUT2D eigenvalue weighted by atomic mass is 16.6. The summed E-state index contributed by atoms with van der Waals surface area (Å²) in [6.45, 7) is 4.26. The van der Waals surface area contributed by atoms with Crippen molar-refractivity contribution in [2.75, 3.05) is 24.5 Å². The maximum absolute atomic E-state index is 12.6. The van der Waals surface area contributed by atoms with E-state index < -0.39 is 16.3 Å². The van der Waals surface area contributed by atoms with Gasteiger partial charge in [-0.05, 0) is 25.8 Å². The Balaban J connectivity index is 1.99. The molecule has 1 atom stereocenters. The Morgan fingerprint density at radius 3 is 2.70 bits per heavy atom. The van der Waals surface area contributed by atoms with Gasteiger partial charge in [-0.25, -0.2) is 4.79 Å². The molecule has 1 aliphatic heterocycles. The van der Waals surface area contributed by atoms with Crippen LogP contribution in [0.1, 0.15) is 36.2 Å². The standard InChI is InChI=1S/C18H20N4O5/c1-10-8-20(5-4-19-10)15-7-14-12(6-16(15)22(26)27)17(23)13(18(24)25)9-21(14)11-2-3-11/h6-7,9-11,19H,2-5,8H2,1H3,(H,24,25)/p+1. The van der Waals surface area contributed by atoms with Crippen molar-refractivity contribution in [3.05, 3.63) is 44.2 Å². The van der Waals surface area contributed by atoms with E-state index in [4.69, 9.17) is 0 Å². The third-order valence-corrected chi connectivity index (χ3v) is 5.31. The number of pyridine rings is 1. The molecule has 9 heteroatoms. The average molecular weight is 373 g/mol. The number of benzene rings is 1. The van der Waals surface area contributed by atoms with Crippen LogP contribution in [-0.4, -0.2) is 46.2 Å². The van der Waals surface area contributed by atoms with Gasteiger partial charge < -0.3 is 19.9 Å². The third kappa shape index (κ3) is 3.03. The van der Waals surface area contributed by atoms with E-state index >= 15 is 0 Å². The van der Waals surface area contributed by atoms with Crippen molar-refractivity contribution in [3.8, 4) is 0 Å². The van der Waals surface area contributed by atoms with E-state index in [1.54, 1.807) is 10.6 Å². The third-order valence-electron chi connectivity index (χ3n) is 5.31. The minimum absolute atomic E-state index is 0.0915. The number of quaternary nitrogens is 1. The summed E-state index contributed by atoms with van der Waals surface area (Å²) in [7, 11) is 0. The molecular weight excluding hydrogens is 352 g/mol. The van der Waals surface area contributed by atoms with Gasteiger partial charge in [-0.15, -0.1) is 0 Å². The van der Waals surface area contributed by atoms with Gasteiger partial charge in [0, 0.05) is 18.3 Å². The lowest BCUT2D eigenvalue weighted by atomic mass is 10.1. The summed E-state index contributed by atoms with van der Waals surface area (Å²) in [6, 6.07) is 3.39. The normalized spacial score (nSPS) is 20.0. The molecular formula is C18H21N4O5+. The number of nitro groups is 1. The first-order valence-electron chi connectivity index (χ1n) is 9.05. The number of carbonyl (C=O) groups is 1. The van der Waals surface area contributed by atoms with E-state index in [0.717, 1.165) is 19.4 Å². The van der Waals surface area contributed by atoms with Crippen LogP contribution in [0.4, 0.5) is 11.4 Å². The molecule has 2 fully saturated rings. The summed E-state index contributed by atoms with van der Waals surface area (Å²) < 4.78 is 1.80. The number of nitrogens with two attached hydrogens (primary N) is 1. The maximum atomic E-state index is 12.6. The monoisotopic (exact) mass is 373 g/mol. The number of hydrogen-bond donors (Lipinski definition) is 2. The molecule has 142 valence electrons. The Hall–Kier alpha value is -2.94. The number of aromatic carboxylic acids is 1. The van der Waals surface area contributed by atoms with Gasteiger partial charge in [0.15, 0.2) is 0 Å². The summed E-state index contributed by atoms with van der Waals surface area (Å²) in [5.41, 5.74) is -0.125. The van der Waals surface area contributed by atoms with Crippen LogP contribution in [0.5, 0.6) is 0 Å². The number of fused-ring (bicyclic) bond motifs is 1. The highest BCUT2D eigenvalue weighted by molar-refractivity contribution is 5.95. The number of aromatic nitrogens is 1. The fraction of sp³-hybridized carbons (Fsp3) is 0.444. The van der Waals surface area contributed by atoms with Crippen molar-refractivity contribution < 1.29 is 20.1 Å². The Kier molecular flexibility index (Phi) is 4.11. The fourth-order valence-electron chi connectivity index (χ4n) is 3.83. The zero-order chi connectivity index (χ0) is 19.3. The molecule has 1 aromatic carbocycles. The van der Waals surface area contributed by atoms with Crippen LogP contribution in [0.3, 0.4) is 0 Å². The van der Waals surface area contributed by atoms with Gasteiger partial charge in [0.1, 0.15) is 17.3 Å². The van der Waals surface area contributed by atoms with Crippen LogP contribution in [0.25, 0.3) is 10.9 Å². The minimum atomic E-state index is -1.32. The largest absolute Gasteiger partial charge is 0.477 e. The molecule has 0 amide bonds. The summed E-state index contributed by atoms with van der Waals surface area (Å²) in [4.78, 5) is 37.3. The summed E-state index contributed by atoms with van der Waals surface area (Å²) in [6.07, 6.45) is 3.19. The van der Waals surface area contributed by atoms with Crippen molar-refractivity contribution >= 4 is 28.2 Å². The summed E-state index contributed by atoms with van der Waals surface area (Å²) >= 11 is 0. The van der Waals surface area contributed by atoms with Crippen LogP contribution in [0.15, 0.2) is 23.1 Å². The van der Waals surface area contributed by atoms with E-state index in [0.29, 0.717) is 30.3 Å². The lowest BCUT2D eigenvalue weighted by molar-refractivity contribution is -0.687. The zero-order valence-electron chi connectivity index (χ0n) is 14.9. The minimum Gasteiger partial charge on any atom is -0.477 e. The Labute approximate surface area is 154 Å². The second-order valence-electron chi connectivity index (χ2n) is 7.38. The molecule has 1 aliphatic carbocycles. The van der Waals surface area contributed by atoms with Gasteiger partial charge >= 0.3 is 5.97 Å². The second kappa shape index (κ2) is 6.34. The Morgan fingerprint density at radius 2 is 2.11 bits per heavy atom. The molecule has 1 aromatic heterocycles. The smallest absolute Gasteiger partial charge is 0.341 e. The van der Waals surface area contributed by atoms with Gasteiger partial charge in [0.05, 0.1) is 35.5 Å². The zero-order valence-corrected chi connectivity index (χ0v) is 14.9. The molecule has 2 aromatic rings. The SMILES string of the molecule is CC1CN(c2cc3c(cc2[N+](=O)[O-])c(=O)c(C(=O)O)cn3C2CC2)CC[NH2+]1. The molecule has 1 unspecified atom stereocenters. The Morgan fingerprint density at radius 1 is 1.37 bits per heavy atom. The van der Waals surface area contributed by atoms with E-state index in [2.05, 4.69) is 12.2 Å². The number of hydrogen-bond acceptors (Lipinski definition) is 5. The molecule has 2 aliphatic rings. The number of nitro benzene ring substituents is 1. The predicted octanol–water partition coefficient (Wildman–Crippen LogP) is 0.715. The van der Waals surface area contributed by atoms with Crippen molar-refractivity contribution in [1.82, 2.24) is 4.57 Å². The van der Waals surface area contributed by atoms with Gasteiger partial charge in [-0.2, -0.15) is 0 Å². The van der Waals surface area contributed by atoms with E-state index in [1.807, 2.05) is 4.90 Å². The molecule has 1 saturated heterocycles. The number of carboxylic acid groups (broad SMARTS) is 1. The summed E-state index contributed by atoms with van der Waals surface area (Å²) in [5.74, 6) is -1.32. The maximum Gasteiger partial charge on any atom is 0.341 e. The molecule has 3 N–H and O–H groups in total. The van der Waals surface area contributed by atoms with Gasteiger partial charge in [-0.1, -0.05) is 0 Å². The fourth-order valence-corrected chi connectivity index (χ4v) is 3.83. The first-order valence-corrected chi connectivity index (χ1v) is 9.05. The van der Waals surface area contributed by atoms with Crippen molar-refractivity contribution in [3.63, 3.8) is 0 Å². The second-order valence-corrected chi connectivity index (χ2v) is 7.38. The van der Waals surface area contributed by atoms with Crippen LogP contribution in [-0.2, 0) is 0 Å². The molecule has 0 spiro atoms. The topological polar surface area (TPSA) is 122 Å². The van der Waals surface area contributed by atoms with Gasteiger partial charge in [0.2, 0.25) is 5.43 Å². The van der Waals surface area contributed by atoms with Gasteiger partial charge in [-0.3, -0.25) is 14.9 Å². The van der Waals surface area contributed by atoms with Crippen molar-refractivity contribution in [1.29, 1.82) is 0 Å². The predicted molar refractivity (Wildman–Crippen MR) is 98.6 cm³/mol. The first-order chi connectivity index (χ1) is 12.9. The lowest BCUT2D eigenvalue weighted by Gasteiger charge is -2.31. The van der Waals surface area contributed by atoms with E-state index in [9.17, 15) is 24.8 Å². The molecule has 1 saturated carbocycles. The van der Waals surface area contributed by atoms with Crippen LogP contribution < -0.4 is 15.6 Å². The molecule has 0 radical (unpaired) electrons. The highest BCUT2D eigenvalue weighted by Crippen LogP contribution is 2.39. The van der Waals surface area contributed by atoms with Crippen molar-refractivity contribution in [2.45, 2.75) is 31.8 Å². The highest BCUT2D eigenvalue weighted by Gasteiger charge is 2.31. The molecule has 4 rings (SSSR count). The number of nitrogens with zero attached hydrogens (tertiary/aromatic N) is 3. The van der Waals surface area contributed by atoms with Crippen molar-refractivity contribution in [2.24, 2.45) is 0 Å². The first kappa shape index (κ1) is 17.5. The number of piperazine rings is 1. The quantitative estimate of drug-likeness (QED) is 0.601. The van der Waals surface area contributed by atoms with E-state index in [1.165, 1.54) is 12.3 Å². The number of anilines is 1. The number of carboxylic acids is 1.